The lowest BCUT2D eigenvalue weighted by Crippen LogP contribution is -2.37. The summed E-state index contributed by atoms with van der Waals surface area (Å²) in [5, 5.41) is 13.4. The third kappa shape index (κ3) is 4.03. The molecule has 0 N–H and O–H groups in total. The van der Waals surface area contributed by atoms with Gasteiger partial charge in [-0.1, -0.05) is 30.8 Å². The Morgan fingerprint density at radius 1 is 1.22 bits per heavy atom. The highest BCUT2D eigenvalue weighted by atomic mass is 32.2. The third-order valence-corrected chi connectivity index (χ3v) is 4.54. The van der Waals surface area contributed by atoms with Gasteiger partial charge in [0.25, 0.3) is 0 Å². The van der Waals surface area contributed by atoms with E-state index < -0.39 is 0 Å². The highest BCUT2D eigenvalue weighted by Crippen LogP contribution is 2.24. The number of hydrogen-bond donors (Lipinski definition) is 0. The van der Waals surface area contributed by atoms with E-state index >= 15 is 0 Å². The normalized spacial score (nSPS) is 15.6. The first kappa shape index (κ1) is 16.3. The Morgan fingerprint density at radius 2 is 2.00 bits per heavy atom. The number of ether oxygens (including phenoxy) is 1. The fourth-order valence-corrected chi connectivity index (χ4v) is 3.14. The van der Waals surface area contributed by atoms with Crippen molar-refractivity contribution in [3.8, 4) is 0 Å². The van der Waals surface area contributed by atoms with Crippen LogP contribution in [0.25, 0.3) is 0 Å². The Kier molecular flexibility index (Phi) is 5.16. The van der Waals surface area contributed by atoms with Crippen molar-refractivity contribution in [1.29, 1.82) is 0 Å². The second-order valence-corrected chi connectivity index (χ2v) is 6.87. The molecule has 1 aliphatic rings. The number of nitrogens with zero attached hydrogens (tertiary/aromatic N) is 6. The summed E-state index contributed by atoms with van der Waals surface area (Å²) in [7, 11) is 1.98. The SMILES string of the molecule is CC(C)Cc1noc(CSc2nnc(N3CCOCC3)n2C)n1. The number of aromatic nitrogens is 5. The van der Waals surface area contributed by atoms with E-state index in [1.54, 1.807) is 11.8 Å². The molecule has 3 heterocycles. The molecule has 1 saturated heterocycles. The fourth-order valence-electron chi connectivity index (χ4n) is 2.39. The number of anilines is 1. The average molecular weight is 338 g/mol. The molecule has 0 amide bonds. The van der Waals surface area contributed by atoms with Crippen molar-refractivity contribution < 1.29 is 9.26 Å². The van der Waals surface area contributed by atoms with Gasteiger partial charge in [0.05, 0.1) is 19.0 Å². The van der Waals surface area contributed by atoms with Crippen LogP contribution in [-0.4, -0.2) is 51.2 Å². The lowest BCUT2D eigenvalue weighted by atomic mass is 10.1. The Morgan fingerprint density at radius 3 is 2.74 bits per heavy atom. The molecule has 0 radical (unpaired) electrons. The van der Waals surface area contributed by atoms with Gasteiger partial charge in [-0.15, -0.1) is 10.2 Å². The van der Waals surface area contributed by atoms with Crippen molar-refractivity contribution in [2.75, 3.05) is 31.2 Å². The first-order valence-electron chi connectivity index (χ1n) is 7.80. The van der Waals surface area contributed by atoms with Crippen LogP contribution in [0.1, 0.15) is 25.6 Å². The summed E-state index contributed by atoms with van der Waals surface area (Å²) in [6, 6.07) is 0. The molecule has 0 aliphatic carbocycles. The molecule has 9 heteroatoms. The van der Waals surface area contributed by atoms with Gasteiger partial charge in [0.1, 0.15) is 0 Å². The van der Waals surface area contributed by atoms with Gasteiger partial charge in [0, 0.05) is 26.6 Å². The zero-order chi connectivity index (χ0) is 16.2. The van der Waals surface area contributed by atoms with Crippen LogP contribution >= 0.6 is 11.8 Å². The molecule has 0 spiro atoms. The minimum Gasteiger partial charge on any atom is -0.378 e. The quantitative estimate of drug-likeness (QED) is 0.733. The molecule has 1 fully saturated rings. The van der Waals surface area contributed by atoms with E-state index in [2.05, 4.69) is 39.1 Å². The summed E-state index contributed by atoms with van der Waals surface area (Å²) < 4.78 is 12.7. The summed E-state index contributed by atoms with van der Waals surface area (Å²) in [5.74, 6) is 3.38. The zero-order valence-electron chi connectivity index (χ0n) is 13.7. The van der Waals surface area contributed by atoms with E-state index in [-0.39, 0.29) is 0 Å². The lowest BCUT2D eigenvalue weighted by molar-refractivity contribution is 0.121. The summed E-state index contributed by atoms with van der Waals surface area (Å²) in [6.07, 6.45) is 0.833. The molecule has 126 valence electrons. The van der Waals surface area contributed by atoms with Crippen molar-refractivity contribution >= 4 is 17.7 Å². The van der Waals surface area contributed by atoms with Crippen molar-refractivity contribution in [1.82, 2.24) is 24.9 Å². The number of morpholine rings is 1. The van der Waals surface area contributed by atoms with Crippen molar-refractivity contribution in [2.45, 2.75) is 31.2 Å². The van der Waals surface area contributed by atoms with Crippen molar-refractivity contribution in [3.05, 3.63) is 11.7 Å². The van der Waals surface area contributed by atoms with Crippen LogP contribution in [0.15, 0.2) is 9.68 Å². The van der Waals surface area contributed by atoms with E-state index in [1.165, 1.54) is 0 Å². The van der Waals surface area contributed by atoms with Gasteiger partial charge in [-0.05, 0) is 5.92 Å². The van der Waals surface area contributed by atoms with Gasteiger partial charge in [-0.3, -0.25) is 4.57 Å². The molecule has 0 aromatic carbocycles. The van der Waals surface area contributed by atoms with Crippen molar-refractivity contribution in [3.63, 3.8) is 0 Å². The summed E-state index contributed by atoms with van der Waals surface area (Å²) in [4.78, 5) is 6.60. The predicted octanol–water partition coefficient (Wildman–Crippen LogP) is 1.53. The molecule has 0 atom stereocenters. The summed E-state index contributed by atoms with van der Waals surface area (Å²) in [5.41, 5.74) is 0. The molecule has 0 saturated carbocycles. The molecular weight excluding hydrogens is 316 g/mol. The van der Waals surface area contributed by atoms with Gasteiger partial charge >= 0.3 is 0 Å². The van der Waals surface area contributed by atoms with Crippen LogP contribution in [-0.2, 0) is 24.0 Å². The van der Waals surface area contributed by atoms with E-state index in [1.807, 2.05) is 11.6 Å². The van der Waals surface area contributed by atoms with E-state index in [9.17, 15) is 0 Å². The topological polar surface area (TPSA) is 82.1 Å². The molecule has 1 aliphatic heterocycles. The highest BCUT2D eigenvalue weighted by Gasteiger charge is 2.19. The minimum atomic E-state index is 0.517. The average Bonchev–Trinajstić information content (AvgIpc) is 3.12. The highest BCUT2D eigenvalue weighted by molar-refractivity contribution is 7.98. The predicted molar refractivity (Wildman–Crippen MR) is 86.4 cm³/mol. The first-order valence-corrected chi connectivity index (χ1v) is 8.78. The third-order valence-electron chi connectivity index (χ3n) is 3.53. The lowest BCUT2D eigenvalue weighted by Gasteiger charge is -2.27. The van der Waals surface area contributed by atoms with Crippen LogP contribution in [0.2, 0.25) is 0 Å². The molecule has 0 bridgehead atoms. The number of rotatable bonds is 6. The molecule has 0 unspecified atom stereocenters. The van der Waals surface area contributed by atoms with E-state index in [4.69, 9.17) is 9.26 Å². The van der Waals surface area contributed by atoms with E-state index in [0.717, 1.165) is 49.7 Å². The summed E-state index contributed by atoms with van der Waals surface area (Å²) in [6.45, 7) is 7.43. The Balaban J connectivity index is 1.60. The largest absolute Gasteiger partial charge is 0.378 e. The molecular formula is C14H22N6O2S. The smallest absolute Gasteiger partial charge is 0.237 e. The number of hydrogen-bond acceptors (Lipinski definition) is 8. The molecule has 2 aromatic heterocycles. The van der Waals surface area contributed by atoms with Gasteiger partial charge < -0.3 is 14.2 Å². The Labute approximate surface area is 139 Å². The Bertz CT molecular complexity index is 635. The minimum absolute atomic E-state index is 0.517. The second-order valence-electron chi connectivity index (χ2n) is 5.93. The molecule has 2 aromatic rings. The fraction of sp³-hybridized carbons (Fsp3) is 0.714. The first-order chi connectivity index (χ1) is 11.1. The van der Waals surface area contributed by atoms with Gasteiger partial charge in [0.2, 0.25) is 11.8 Å². The maximum Gasteiger partial charge on any atom is 0.237 e. The van der Waals surface area contributed by atoms with Gasteiger partial charge in [-0.25, -0.2) is 0 Å². The zero-order valence-corrected chi connectivity index (χ0v) is 14.5. The van der Waals surface area contributed by atoms with Gasteiger partial charge in [0.15, 0.2) is 11.0 Å². The van der Waals surface area contributed by atoms with Crippen LogP contribution in [0.4, 0.5) is 5.95 Å². The van der Waals surface area contributed by atoms with Crippen LogP contribution < -0.4 is 4.90 Å². The van der Waals surface area contributed by atoms with Crippen LogP contribution in [0, 0.1) is 5.92 Å². The monoisotopic (exact) mass is 338 g/mol. The van der Waals surface area contributed by atoms with Crippen molar-refractivity contribution in [2.24, 2.45) is 13.0 Å². The van der Waals surface area contributed by atoms with E-state index in [0.29, 0.717) is 17.6 Å². The summed E-state index contributed by atoms with van der Waals surface area (Å²) >= 11 is 1.55. The second kappa shape index (κ2) is 7.31. The Hall–Kier alpha value is -1.61. The van der Waals surface area contributed by atoms with Crippen LogP contribution in [0.5, 0.6) is 0 Å². The molecule has 8 nitrogen and oxygen atoms in total. The van der Waals surface area contributed by atoms with Gasteiger partial charge in [-0.2, -0.15) is 4.98 Å². The standard InChI is InChI=1S/C14H22N6O2S/c1-10(2)8-11-15-12(22-18-11)9-23-14-17-16-13(19(14)3)20-4-6-21-7-5-20/h10H,4-9H2,1-3H3. The maximum atomic E-state index is 5.37. The number of thioether (sulfide) groups is 1. The molecule has 3 rings (SSSR count). The molecule has 23 heavy (non-hydrogen) atoms. The van der Waals surface area contributed by atoms with Crippen LogP contribution in [0.3, 0.4) is 0 Å². The maximum absolute atomic E-state index is 5.37.